The van der Waals surface area contributed by atoms with E-state index in [1.807, 2.05) is 25.1 Å². The fourth-order valence-corrected chi connectivity index (χ4v) is 2.45. The summed E-state index contributed by atoms with van der Waals surface area (Å²) in [6, 6.07) is 7.94. The molecule has 0 saturated carbocycles. The van der Waals surface area contributed by atoms with Gasteiger partial charge in [0.1, 0.15) is 12.4 Å². The average molecular weight is 289 g/mol. The number of nitrogens with one attached hydrogen (secondary N) is 1. The summed E-state index contributed by atoms with van der Waals surface area (Å²) >= 11 is 0. The molecule has 0 aliphatic carbocycles. The van der Waals surface area contributed by atoms with Gasteiger partial charge in [-0.2, -0.15) is 0 Å². The van der Waals surface area contributed by atoms with Gasteiger partial charge in [0.25, 0.3) is 0 Å². The summed E-state index contributed by atoms with van der Waals surface area (Å²) in [5.74, 6) is 0.771. The molecule has 0 spiro atoms. The van der Waals surface area contributed by atoms with E-state index in [1.54, 1.807) is 0 Å². The highest BCUT2D eigenvalue weighted by atomic mass is 16.5. The van der Waals surface area contributed by atoms with Crippen LogP contribution < -0.4 is 5.32 Å². The Bertz CT molecular complexity index is 607. The molecule has 2 aromatic rings. The third-order valence-corrected chi connectivity index (χ3v) is 3.46. The molecule has 0 radical (unpaired) electrons. The quantitative estimate of drug-likeness (QED) is 0.852. The zero-order valence-corrected chi connectivity index (χ0v) is 12.9. The van der Waals surface area contributed by atoms with Crippen molar-refractivity contribution in [2.75, 3.05) is 13.7 Å². The van der Waals surface area contributed by atoms with Crippen LogP contribution in [0, 0.1) is 0 Å². The fourth-order valence-electron chi connectivity index (χ4n) is 2.45. The van der Waals surface area contributed by atoms with E-state index in [2.05, 4.69) is 27.9 Å². The van der Waals surface area contributed by atoms with Crippen molar-refractivity contribution < 1.29 is 9.53 Å². The van der Waals surface area contributed by atoms with Crippen LogP contribution in [0.25, 0.3) is 11.0 Å². The van der Waals surface area contributed by atoms with Gasteiger partial charge in [0.05, 0.1) is 17.1 Å². The van der Waals surface area contributed by atoms with Crippen molar-refractivity contribution in [3.05, 3.63) is 30.1 Å². The Balaban J connectivity index is 2.30. The molecule has 5 nitrogen and oxygen atoms in total. The number of carbonyl (C=O) groups is 1. The molecule has 0 fully saturated rings. The van der Waals surface area contributed by atoms with Crippen LogP contribution >= 0.6 is 0 Å². The van der Waals surface area contributed by atoms with Crippen LogP contribution in [0.1, 0.15) is 38.6 Å². The lowest BCUT2D eigenvalue weighted by atomic mass is 10.2. The van der Waals surface area contributed by atoms with Gasteiger partial charge in [-0.3, -0.25) is 4.79 Å². The first-order valence-corrected chi connectivity index (χ1v) is 7.40. The third-order valence-electron chi connectivity index (χ3n) is 3.46. The van der Waals surface area contributed by atoms with Crippen LogP contribution in [0.3, 0.4) is 0 Å². The standard InChI is InChI=1S/C16H23N3O2/c1-4-5-10-19-14-9-7-6-8-13(14)18-16(19)12(2)17-15(20)11-21-3/h6-9,12H,4-5,10-11H2,1-3H3,(H,17,20)/t12-/m0/s1. The molecule has 0 unspecified atom stereocenters. The van der Waals surface area contributed by atoms with Crippen LogP contribution in [0.15, 0.2) is 24.3 Å². The molecule has 0 aliphatic heterocycles. The number of nitrogens with zero attached hydrogens (tertiary/aromatic N) is 2. The molecule has 1 atom stereocenters. The maximum atomic E-state index is 11.7. The summed E-state index contributed by atoms with van der Waals surface area (Å²) in [5, 5.41) is 2.93. The molecule has 114 valence electrons. The van der Waals surface area contributed by atoms with E-state index in [0.717, 1.165) is 36.2 Å². The van der Waals surface area contributed by atoms with E-state index in [9.17, 15) is 4.79 Å². The molecule has 1 amide bonds. The normalized spacial score (nSPS) is 12.5. The number of imidazole rings is 1. The minimum atomic E-state index is -0.142. The van der Waals surface area contributed by atoms with Gasteiger partial charge in [0.2, 0.25) is 5.91 Å². The molecule has 2 rings (SSSR count). The fraction of sp³-hybridized carbons (Fsp3) is 0.500. The van der Waals surface area contributed by atoms with Crippen LogP contribution in [-0.4, -0.2) is 29.2 Å². The highest BCUT2D eigenvalue weighted by Crippen LogP contribution is 2.21. The number of hydrogen-bond donors (Lipinski definition) is 1. The largest absolute Gasteiger partial charge is 0.375 e. The van der Waals surface area contributed by atoms with Gasteiger partial charge in [-0.25, -0.2) is 4.98 Å². The number of para-hydroxylation sites is 2. The second-order valence-corrected chi connectivity index (χ2v) is 5.19. The van der Waals surface area contributed by atoms with E-state index in [1.165, 1.54) is 7.11 Å². The number of amides is 1. The Labute approximate surface area is 125 Å². The predicted molar refractivity (Wildman–Crippen MR) is 83.1 cm³/mol. The van der Waals surface area contributed by atoms with Crippen molar-refractivity contribution in [3.63, 3.8) is 0 Å². The summed E-state index contributed by atoms with van der Waals surface area (Å²) in [6.45, 7) is 5.11. The van der Waals surface area contributed by atoms with Crippen molar-refractivity contribution in [2.24, 2.45) is 0 Å². The first-order valence-electron chi connectivity index (χ1n) is 7.40. The van der Waals surface area contributed by atoms with Gasteiger partial charge >= 0.3 is 0 Å². The van der Waals surface area contributed by atoms with E-state index in [0.29, 0.717) is 0 Å². The highest BCUT2D eigenvalue weighted by Gasteiger charge is 2.17. The Morgan fingerprint density at radius 2 is 2.19 bits per heavy atom. The van der Waals surface area contributed by atoms with Gasteiger partial charge in [-0.15, -0.1) is 0 Å². The number of carbonyl (C=O) groups excluding carboxylic acids is 1. The molecule has 1 N–H and O–H groups in total. The first kappa shape index (κ1) is 15.5. The second kappa shape index (κ2) is 7.22. The molecule has 0 saturated heterocycles. The summed E-state index contributed by atoms with van der Waals surface area (Å²) in [7, 11) is 1.51. The summed E-state index contributed by atoms with van der Waals surface area (Å²) < 4.78 is 7.06. The number of ether oxygens (including phenoxy) is 1. The van der Waals surface area contributed by atoms with Crippen molar-refractivity contribution in [1.82, 2.24) is 14.9 Å². The maximum absolute atomic E-state index is 11.7. The molecule has 21 heavy (non-hydrogen) atoms. The molecule has 1 aromatic carbocycles. The highest BCUT2D eigenvalue weighted by molar-refractivity contribution is 5.78. The zero-order valence-electron chi connectivity index (χ0n) is 12.9. The summed E-state index contributed by atoms with van der Waals surface area (Å²) in [4.78, 5) is 16.4. The summed E-state index contributed by atoms with van der Waals surface area (Å²) in [5.41, 5.74) is 2.09. The minimum absolute atomic E-state index is 0.0690. The third kappa shape index (κ3) is 3.61. The first-order chi connectivity index (χ1) is 10.2. The average Bonchev–Trinajstić information content (AvgIpc) is 2.84. The Hall–Kier alpha value is -1.88. The lowest BCUT2D eigenvalue weighted by Gasteiger charge is -2.16. The minimum Gasteiger partial charge on any atom is -0.375 e. The number of benzene rings is 1. The molecule has 0 aliphatic rings. The second-order valence-electron chi connectivity index (χ2n) is 5.19. The molecule has 5 heteroatoms. The molecule has 1 aromatic heterocycles. The van der Waals surface area contributed by atoms with Gasteiger partial charge in [-0.1, -0.05) is 25.5 Å². The van der Waals surface area contributed by atoms with E-state index in [-0.39, 0.29) is 18.6 Å². The number of fused-ring (bicyclic) bond motifs is 1. The van der Waals surface area contributed by atoms with Crippen molar-refractivity contribution in [2.45, 2.75) is 39.3 Å². The molecular formula is C16H23N3O2. The molecular weight excluding hydrogens is 266 g/mol. The molecule has 0 bridgehead atoms. The van der Waals surface area contributed by atoms with Gasteiger partial charge < -0.3 is 14.6 Å². The van der Waals surface area contributed by atoms with E-state index < -0.39 is 0 Å². The van der Waals surface area contributed by atoms with Crippen molar-refractivity contribution >= 4 is 16.9 Å². The van der Waals surface area contributed by atoms with E-state index in [4.69, 9.17) is 4.74 Å². The Morgan fingerprint density at radius 1 is 1.43 bits per heavy atom. The topological polar surface area (TPSA) is 56.2 Å². The Morgan fingerprint density at radius 3 is 2.90 bits per heavy atom. The number of rotatable bonds is 7. The number of methoxy groups -OCH3 is 1. The monoisotopic (exact) mass is 289 g/mol. The van der Waals surface area contributed by atoms with Gasteiger partial charge in [0, 0.05) is 13.7 Å². The lowest BCUT2D eigenvalue weighted by Crippen LogP contribution is -2.31. The van der Waals surface area contributed by atoms with Crippen LogP contribution in [0.2, 0.25) is 0 Å². The lowest BCUT2D eigenvalue weighted by molar-refractivity contribution is -0.125. The maximum Gasteiger partial charge on any atom is 0.246 e. The van der Waals surface area contributed by atoms with Gasteiger partial charge in [-0.05, 0) is 25.5 Å². The van der Waals surface area contributed by atoms with Gasteiger partial charge in [0.15, 0.2) is 0 Å². The predicted octanol–water partition coefficient (Wildman–Crippen LogP) is 2.66. The van der Waals surface area contributed by atoms with Crippen molar-refractivity contribution in [1.29, 1.82) is 0 Å². The smallest absolute Gasteiger partial charge is 0.246 e. The van der Waals surface area contributed by atoms with E-state index >= 15 is 0 Å². The number of unbranched alkanes of at least 4 members (excludes halogenated alkanes) is 1. The number of aromatic nitrogens is 2. The Kier molecular flexibility index (Phi) is 5.33. The van der Waals surface area contributed by atoms with Crippen LogP contribution in [-0.2, 0) is 16.1 Å². The SMILES string of the molecule is CCCCn1c([C@H](C)NC(=O)COC)nc2ccccc21. The van der Waals surface area contributed by atoms with Crippen LogP contribution in [0.5, 0.6) is 0 Å². The number of hydrogen-bond acceptors (Lipinski definition) is 3. The summed E-state index contributed by atoms with van der Waals surface area (Å²) in [6.07, 6.45) is 2.21. The number of aryl methyl sites for hydroxylation is 1. The van der Waals surface area contributed by atoms with Crippen molar-refractivity contribution in [3.8, 4) is 0 Å². The van der Waals surface area contributed by atoms with Crippen LogP contribution in [0.4, 0.5) is 0 Å². The molecule has 1 heterocycles. The zero-order chi connectivity index (χ0) is 15.2.